The number of rotatable bonds is 24. The molecule has 27 heavy (non-hydrogen) atoms. The number of hydrogen-bond acceptors (Lipinski definition) is 2. The lowest BCUT2D eigenvalue weighted by Gasteiger charge is -2.00. The van der Waals surface area contributed by atoms with Crippen LogP contribution >= 0.6 is 0 Å². The highest BCUT2D eigenvalue weighted by atomic mass is 28.3. The Morgan fingerprint density at radius 3 is 0.926 bits per heavy atom. The van der Waals surface area contributed by atoms with E-state index in [1.807, 2.05) is 0 Å². The smallest absolute Gasteiger partial charge is 0.0654 e. The second kappa shape index (κ2) is 26.1. The zero-order chi connectivity index (χ0) is 19.7. The van der Waals surface area contributed by atoms with Gasteiger partial charge in [-0.05, 0) is 21.7 Å². The van der Waals surface area contributed by atoms with Crippen molar-refractivity contribution in [2.24, 2.45) is 0 Å². The van der Waals surface area contributed by atoms with Crippen LogP contribution in [0, 0.1) is 0 Å². The van der Waals surface area contributed by atoms with Gasteiger partial charge in [-0.2, -0.15) is 0 Å². The van der Waals surface area contributed by atoms with Gasteiger partial charge in [0, 0.05) is 0 Å². The van der Waals surface area contributed by atoms with Crippen LogP contribution < -0.4 is 0 Å². The lowest BCUT2D eigenvalue weighted by molar-refractivity contribution is 0.213. The average Bonchev–Trinajstić information content (AvgIpc) is 2.68. The average molecular weight is 399 g/mol. The van der Waals surface area contributed by atoms with Crippen molar-refractivity contribution in [3.05, 3.63) is 0 Å². The largest absolute Gasteiger partial charge is 1.46 e. The third kappa shape index (κ3) is 26.1. The lowest BCUT2D eigenvalue weighted by Crippen LogP contribution is -2.07. The molecule has 0 aliphatic carbocycles. The van der Waals surface area contributed by atoms with Crippen molar-refractivity contribution in [3.8, 4) is 0 Å². The van der Waals surface area contributed by atoms with Gasteiger partial charge in [-0.15, -0.1) is 0 Å². The summed E-state index contributed by atoms with van der Waals surface area (Å²) in [6.45, 7) is 6.33. The summed E-state index contributed by atoms with van der Waals surface area (Å²) in [5, 5.41) is 0. The van der Waals surface area contributed by atoms with Crippen molar-refractivity contribution in [1.82, 2.24) is 0 Å². The molecule has 0 rings (SSSR count). The third-order valence-corrected chi connectivity index (χ3v) is 5.96. The Kier molecular flexibility index (Phi) is 26.3. The normalized spacial score (nSPS) is 11.0. The van der Waals surface area contributed by atoms with Gasteiger partial charge < -0.3 is 0 Å². The molecule has 0 aromatic rings. The summed E-state index contributed by atoms with van der Waals surface area (Å²) in [6.07, 6.45) is 27.6. The summed E-state index contributed by atoms with van der Waals surface area (Å²) in [4.78, 5) is 0. The van der Waals surface area contributed by atoms with Gasteiger partial charge in [0.1, 0.15) is 13.2 Å². The summed E-state index contributed by atoms with van der Waals surface area (Å²) in [5.41, 5.74) is 0. The Morgan fingerprint density at radius 1 is 0.370 bits per heavy atom. The van der Waals surface area contributed by atoms with Crippen molar-refractivity contribution in [2.75, 3.05) is 13.2 Å². The van der Waals surface area contributed by atoms with E-state index in [4.69, 9.17) is 8.85 Å². The number of unbranched alkanes of at least 4 members (excludes halogenated alkanes) is 18. The Morgan fingerprint density at radius 2 is 0.630 bits per heavy atom. The van der Waals surface area contributed by atoms with Crippen LogP contribution in [0.5, 0.6) is 0 Å². The zero-order valence-electron chi connectivity index (χ0n) is 18.9. The van der Waals surface area contributed by atoms with Gasteiger partial charge in [0.25, 0.3) is 0 Å². The fraction of sp³-hybridized carbons (Fsp3) is 1.00. The molecule has 0 spiro atoms. The van der Waals surface area contributed by atoms with E-state index in [1.165, 1.54) is 128 Å². The van der Waals surface area contributed by atoms with Gasteiger partial charge in [-0.3, -0.25) is 0 Å². The predicted molar refractivity (Wildman–Crippen MR) is 121 cm³/mol. The first-order chi connectivity index (χ1) is 13.4. The van der Waals surface area contributed by atoms with Gasteiger partial charge >= 0.3 is 10.0 Å². The van der Waals surface area contributed by atoms with Gasteiger partial charge in [-0.25, -0.2) is 0 Å². The minimum Gasteiger partial charge on any atom is -0.0654 e. The molecule has 0 unspecified atom stereocenters. The second-order valence-electron chi connectivity index (χ2n) is 8.14. The van der Waals surface area contributed by atoms with Crippen molar-refractivity contribution in [2.45, 2.75) is 142 Å². The predicted octanol–water partition coefficient (Wildman–Crippen LogP) is 8.40. The quantitative estimate of drug-likeness (QED) is 0.120. The van der Waals surface area contributed by atoms with Crippen molar-refractivity contribution in [1.29, 1.82) is 0 Å². The fourth-order valence-electron chi connectivity index (χ4n) is 3.45. The molecule has 0 radical (unpaired) electrons. The SMILES string of the molecule is CCCCCCCCCCCCO[Si+2]OCCCCCCCCCCCC. The Bertz CT molecular complexity index is 225. The highest BCUT2D eigenvalue weighted by Gasteiger charge is 2.48. The highest BCUT2D eigenvalue weighted by molar-refractivity contribution is 6.17. The van der Waals surface area contributed by atoms with E-state index < -0.39 is 0 Å². The zero-order valence-corrected chi connectivity index (χ0v) is 19.9. The molecule has 0 saturated carbocycles. The standard InChI is InChI=1S/C24H50O2Si/c1-3-5-7-9-11-13-15-17-19-21-23-25-27-26-24-22-20-18-16-14-12-10-8-6-4-2/h3-24H2,1-2H3/q+2. The summed E-state index contributed by atoms with van der Waals surface area (Å²) < 4.78 is 11.2. The van der Waals surface area contributed by atoms with Crippen molar-refractivity contribution >= 4 is 10.0 Å². The van der Waals surface area contributed by atoms with Crippen LogP contribution in [0.4, 0.5) is 0 Å². The van der Waals surface area contributed by atoms with E-state index in [0.717, 1.165) is 13.2 Å². The van der Waals surface area contributed by atoms with Gasteiger partial charge in [0.15, 0.2) is 0 Å². The minimum atomic E-state index is 0.256. The summed E-state index contributed by atoms with van der Waals surface area (Å²) in [6, 6.07) is 0. The first-order valence-corrected chi connectivity index (χ1v) is 13.2. The maximum Gasteiger partial charge on any atom is 1.46 e. The molecule has 3 heteroatoms. The van der Waals surface area contributed by atoms with E-state index in [9.17, 15) is 0 Å². The molecule has 0 N–H and O–H groups in total. The van der Waals surface area contributed by atoms with Crippen LogP contribution in [0.1, 0.15) is 142 Å². The molecule has 0 amide bonds. The lowest BCUT2D eigenvalue weighted by atomic mass is 10.1. The van der Waals surface area contributed by atoms with Crippen LogP contribution in [0.3, 0.4) is 0 Å². The Balaban J connectivity index is 2.95. The van der Waals surface area contributed by atoms with Gasteiger partial charge in [-0.1, -0.05) is 129 Å². The molecule has 0 aliphatic heterocycles. The molecule has 2 nitrogen and oxygen atoms in total. The molecule has 0 atom stereocenters. The molecule has 160 valence electrons. The monoisotopic (exact) mass is 398 g/mol. The van der Waals surface area contributed by atoms with Crippen LogP contribution in [-0.4, -0.2) is 23.2 Å². The van der Waals surface area contributed by atoms with Crippen LogP contribution in [0.15, 0.2) is 0 Å². The first kappa shape index (κ1) is 27.1. The maximum atomic E-state index is 5.60. The number of hydrogen-bond donors (Lipinski definition) is 0. The van der Waals surface area contributed by atoms with E-state index in [2.05, 4.69) is 13.8 Å². The van der Waals surface area contributed by atoms with E-state index in [-0.39, 0.29) is 10.0 Å². The van der Waals surface area contributed by atoms with Gasteiger partial charge in [0.05, 0.1) is 0 Å². The van der Waals surface area contributed by atoms with Crippen molar-refractivity contribution in [3.63, 3.8) is 0 Å². The second-order valence-corrected chi connectivity index (χ2v) is 8.89. The van der Waals surface area contributed by atoms with Crippen LogP contribution in [0.2, 0.25) is 0 Å². The van der Waals surface area contributed by atoms with Crippen LogP contribution in [0.25, 0.3) is 0 Å². The first-order valence-electron chi connectivity index (χ1n) is 12.4. The van der Waals surface area contributed by atoms with E-state index in [0.29, 0.717) is 0 Å². The van der Waals surface area contributed by atoms with E-state index in [1.54, 1.807) is 0 Å². The van der Waals surface area contributed by atoms with Crippen LogP contribution in [-0.2, 0) is 8.85 Å². The molecule has 0 aromatic carbocycles. The Hall–Kier alpha value is 0.137. The molecular weight excluding hydrogens is 348 g/mol. The fourth-order valence-corrected chi connectivity index (χ4v) is 3.99. The van der Waals surface area contributed by atoms with Gasteiger partial charge in [0.2, 0.25) is 0 Å². The molecule has 0 fully saturated rings. The molecular formula is C24H50O2Si+2. The topological polar surface area (TPSA) is 18.5 Å². The third-order valence-electron chi connectivity index (χ3n) is 5.32. The summed E-state index contributed by atoms with van der Waals surface area (Å²) in [7, 11) is 0.256. The molecule has 0 saturated heterocycles. The molecule has 0 aromatic heterocycles. The molecule has 0 heterocycles. The highest BCUT2D eigenvalue weighted by Crippen LogP contribution is 2.11. The molecule has 0 aliphatic rings. The summed E-state index contributed by atoms with van der Waals surface area (Å²) >= 11 is 0. The minimum absolute atomic E-state index is 0.256. The maximum absolute atomic E-state index is 5.60. The summed E-state index contributed by atoms with van der Waals surface area (Å²) in [5.74, 6) is 0. The molecule has 0 bridgehead atoms. The van der Waals surface area contributed by atoms with E-state index >= 15 is 0 Å². The van der Waals surface area contributed by atoms with Crippen molar-refractivity contribution < 1.29 is 8.85 Å². The Labute approximate surface area is 174 Å².